The van der Waals surface area contributed by atoms with Crippen molar-refractivity contribution in [3.8, 4) is 17.1 Å². The molecule has 0 radical (unpaired) electrons. The van der Waals surface area contributed by atoms with Gasteiger partial charge in [0.15, 0.2) is 5.65 Å². The number of hydrogen-bond acceptors (Lipinski definition) is 4. The standard InChI is InChI=1S/C15H16N4O/c1-9(2)19-14(10-5-6-11(16)13(20)8-10)18-12-4-3-7-17-15(12)19/h3-9,20H,16H2,1-2H3. The number of hydrogen-bond donors (Lipinski definition) is 2. The smallest absolute Gasteiger partial charge is 0.160 e. The number of aromatic hydroxyl groups is 1. The van der Waals surface area contributed by atoms with Gasteiger partial charge in [0.2, 0.25) is 0 Å². The summed E-state index contributed by atoms with van der Waals surface area (Å²) in [5, 5.41) is 9.79. The van der Waals surface area contributed by atoms with Gasteiger partial charge < -0.3 is 15.4 Å². The number of phenolic OH excluding ortho intramolecular Hbond substituents is 1. The Morgan fingerprint density at radius 1 is 1.25 bits per heavy atom. The van der Waals surface area contributed by atoms with E-state index in [9.17, 15) is 5.11 Å². The van der Waals surface area contributed by atoms with Crippen LogP contribution in [0, 0.1) is 0 Å². The van der Waals surface area contributed by atoms with Crippen LogP contribution in [0.25, 0.3) is 22.6 Å². The average molecular weight is 268 g/mol. The number of benzene rings is 1. The monoisotopic (exact) mass is 268 g/mol. The molecule has 0 atom stereocenters. The minimum atomic E-state index is 0.0674. The molecule has 0 saturated carbocycles. The van der Waals surface area contributed by atoms with Crippen molar-refractivity contribution in [3.63, 3.8) is 0 Å². The minimum Gasteiger partial charge on any atom is -0.506 e. The molecule has 2 aromatic heterocycles. The second kappa shape index (κ2) is 4.52. The van der Waals surface area contributed by atoms with E-state index in [4.69, 9.17) is 5.73 Å². The maximum absolute atomic E-state index is 9.79. The molecule has 0 aliphatic heterocycles. The number of rotatable bonds is 2. The molecule has 0 unspecified atom stereocenters. The molecule has 20 heavy (non-hydrogen) atoms. The van der Waals surface area contributed by atoms with Gasteiger partial charge in [0.25, 0.3) is 0 Å². The number of anilines is 1. The molecule has 0 aliphatic rings. The summed E-state index contributed by atoms with van der Waals surface area (Å²) < 4.78 is 2.06. The van der Waals surface area contributed by atoms with Gasteiger partial charge in [-0.1, -0.05) is 0 Å². The first-order valence-electron chi connectivity index (χ1n) is 6.49. The van der Waals surface area contributed by atoms with E-state index in [2.05, 4.69) is 28.4 Å². The van der Waals surface area contributed by atoms with Crippen LogP contribution in [0.2, 0.25) is 0 Å². The Bertz CT molecular complexity index is 777. The summed E-state index contributed by atoms with van der Waals surface area (Å²) in [7, 11) is 0. The third kappa shape index (κ3) is 1.87. The molecule has 3 aromatic rings. The summed E-state index contributed by atoms with van der Waals surface area (Å²) in [4.78, 5) is 9.03. The van der Waals surface area contributed by atoms with E-state index in [1.165, 1.54) is 0 Å². The zero-order valence-electron chi connectivity index (χ0n) is 11.4. The first-order valence-corrected chi connectivity index (χ1v) is 6.49. The summed E-state index contributed by atoms with van der Waals surface area (Å²) in [5.74, 6) is 0.849. The number of nitrogen functional groups attached to an aromatic ring is 1. The quantitative estimate of drug-likeness (QED) is 0.553. The minimum absolute atomic E-state index is 0.0674. The molecule has 3 N–H and O–H groups in total. The second-order valence-corrected chi connectivity index (χ2v) is 5.02. The van der Waals surface area contributed by atoms with Gasteiger partial charge in [0.05, 0.1) is 5.69 Å². The lowest BCUT2D eigenvalue weighted by Crippen LogP contribution is -2.04. The van der Waals surface area contributed by atoms with Crippen molar-refractivity contribution in [1.29, 1.82) is 0 Å². The fourth-order valence-electron chi connectivity index (χ4n) is 2.31. The third-order valence-corrected chi connectivity index (χ3v) is 3.25. The van der Waals surface area contributed by atoms with Crippen molar-refractivity contribution in [2.24, 2.45) is 0 Å². The molecule has 5 nitrogen and oxygen atoms in total. The number of nitrogens with two attached hydrogens (primary N) is 1. The zero-order valence-corrected chi connectivity index (χ0v) is 11.4. The van der Waals surface area contributed by atoms with Crippen molar-refractivity contribution in [1.82, 2.24) is 14.5 Å². The highest BCUT2D eigenvalue weighted by atomic mass is 16.3. The molecule has 0 amide bonds. The van der Waals surface area contributed by atoms with Crippen LogP contribution in [-0.4, -0.2) is 19.6 Å². The molecule has 0 spiro atoms. The van der Waals surface area contributed by atoms with Gasteiger partial charge in [-0.25, -0.2) is 9.97 Å². The number of phenols is 1. The Labute approximate surface area is 116 Å². The molecule has 3 rings (SSSR count). The zero-order chi connectivity index (χ0) is 14.3. The number of pyridine rings is 1. The van der Waals surface area contributed by atoms with Gasteiger partial charge in [-0.05, 0) is 44.2 Å². The highest BCUT2D eigenvalue weighted by Crippen LogP contribution is 2.31. The molecule has 5 heteroatoms. The summed E-state index contributed by atoms with van der Waals surface area (Å²) in [6, 6.07) is 9.18. The van der Waals surface area contributed by atoms with Gasteiger partial charge in [-0.3, -0.25) is 0 Å². The van der Waals surface area contributed by atoms with Crippen LogP contribution in [0.5, 0.6) is 5.75 Å². The van der Waals surface area contributed by atoms with Gasteiger partial charge >= 0.3 is 0 Å². The highest BCUT2D eigenvalue weighted by molar-refractivity contribution is 5.78. The predicted molar refractivity (Wildman–Crippen MR) is 79.4 cm³/mol. The van der Waals surface area contributed by atoms with Crippen LogP contribution in [-0.2, 0) is 0 Å². The van der Waals surface area contributed by atoms with Crippen molar-refractivity contribution in [2.45, 2.75) is 19.9 Å². The number of aromatic nitrogens is 3. The van der Waals surface area contributed by atoms with Crippen LogP contribution in [0.1, 0.15) is 19.9 Å². The largest absolute Gasteiger partial charge is 0.506 e. The molecular formula is C15H16N4O. The van der Waals surface area contributed by atoms with E-state index in [-0.39, 0.29) is 11.8 Å². The van der Waals surface area contributed by atoms with Crippen LogP contribution in [0.3, 0.4) is 0 Å². The Hall–Kier alpha value is -2.56. The maximum Gasteiger partial charge on any atom is 0.160 e. The van der Waals surface area contributed by atoms with E-state index >= 15 is 0 Å². The summed E-state index contributed by atoms with van der Waals surface area (Å²) >= 11 is 0. The molecule has 1 aromatic carbocycles. The Kier molecular flexibility index (Phi) is 2.82. The third-order valence-electron chi connectivity index (χ3n) is 3.25. The van der Waals surface area contributed by atoms with E-state index in [1.54, 1.807) is 18.3 Å². The number of nitrogens with zero attached hydrogens (tertiary/aromatic N) is 3. The predicted octanol–water partition coefficient (Wildman–Crippen LogP) is 2.97. The topological polar surface area (TPSA) is 77.0 Å². The van der Waals surface area contributed by atoms with Crippen LogP contribution >= 0.6 is 0 Å². The second-order valence-electron chi connectivity index (χ2n) is 5.02. The Morgan fingerprint density at radius 2 is 2.05 bits per heavy atom. The molecule has 0 aliphatic carbocycles. The van der Waals surface area contributed by atoms with Gasteiger partial charge in [-0.2, -0.15) is 0 Å². The molecule has 0 fully saturated rings. The number of imidazole rings is 1. The first-order chi connectivity index (χ1) is 9.58. The summed E-state index contributed by atoms with van der Waals surface area (Å²) in [5.41, 5.74) is 8.51. The van der Waals surface area contributed by atoms with Gasteiger partial charge in [-0.15, -0.1) is 0 Å². The summed E-state index contributed by atoms with van der Waals surface area (Å²) in [6.07, 6.45) is 1.76. The molecule has 102 valence electrons. The molecule has 0 bridgehead atoms. The highest BCUT2D eigenvalue weighted by Gasteiger charge is 2.16. The fraction of sp³-hybridized carbons (Fsp3) is 0.200. The van der Waals surface area contributed by atoms with Crippen LogP contribution in [0.15, 0.2) is 36.5 Å². The molecule has 0 saturated heterocycles. The number of fused-ring (bicyclic) bond motifs is 1. The average Bonchev–Trinajstić information content (AvgIpc) is 2.81. The van der Waals surface area contributed by atoms with Gasteiger partial charge in [0.1, 0.15) is 17.1 Å². The van der Waals surface area contributed by atoms with Crippen molar-refractivity contribution < 1.29 is 5.11 Å². The lowest BCUT2D eigenvalue weighted by atomic mass is 10.1. The van der Waals surface area contributed by atoms with Gasteiger partial charge in [0, 0.05) is 17.8 Å². The Morgan fingerprint density at radius 3 is 2.75 bits per heavy atom. The maximum atomic E-state index is 9.79. The first kappa shape index (κ1) is 12.5. The van der Waals surface area contributed by atoms with Crippen molar-refractivity contribution >= 4 is 16.9 Å². The fourth-order valence-corrected chi connectivity index (χ4v) is 2.31. The van der Waals surface area contributed by atoms with E-state index in [0.717, 1.165) is 22.6 Å². The van der Waals surface area contributed by atoms with Crippen LogP contribution in [0.4, 0.5) is 5.69 Å². The van der Waals surface area contributed by atoms with E-state index in [1.807, 2.05) is 18.2 Å². The summed E-state index contributed by atoms with van der Waals surface area (Å²) in [6.45, 7) is 4.16. The van der Waals surface area contributed by atoms with Crippen molar-refractivity contribution in [3.05, 3.63) is 36.5 Å². The van der Waals surface area contributed by atoms with E-state index in [0.29, 0.717) is 5.69 Å². The normalized spacial score (nSPS) is 11.3. The van der Waals surface area contributed by atoms with Crippen molar-refractivity contribution in [2.75, 3.05) is 5.73 Å². The van der Waals surface area contributed by atoms with E-state index < -0.39 is 0 Å². The SMILES string of the molecule is CC(C)n1c(-c2ccc(N)c(O)c2)nc2cccnc21. The lowest BCUT2D eigenvalue weighted by molar-refractivity contribution is 0.478. The molecule has 2 heterocycles. The molecular weight excluding hydrogens is 252 g/mol. The Balaban J connectivity index is 2.29. The lowest BCUT2D eigenvalue weighted by Gasteiger charge is -2.12. The van der Waals surface area contributed by atoms with Crippen LogP contribution < -0.4 is 5.73 Å².